The number of fused-ring (bicyclic) bond motifs is 1. The number of rotatable bonds is 3. The van der Waals surface area contributed by atoms with Crippen LogP contribution in [0.5, 0.6) is 5.75 Å². The van der Waals surface area contributed by atoms with Crippen molar-refractivity contribution < 1.29 is 31.4 Å². The average Bonchev–Trinajstić information content (AvgIpc) is 3.09. The van der Waals surface area contributed by atoms with Gasteiger partial charge in [-0.25, -0.2) is 18.2 Å². The molecule has 0 amide bonds. The summed E-state index contributed by atoms with van der Waals surface area (Å²) in [5.74, 6) is -4.65. The highest BCUT2D eigenvalue weighted by Gasteiger charge is 2.34. The minimum Gasteiger partial charge on any atom is -0.505 e. The number of imidazole rings is 1. The van der Waals surface area contributed by atoms with Gasteiger partial charge in [0, 0.05) is 11.8 Å². The third-order valence-corrected chi connectivity index (χ3v) is 4.96. The van der Waals surface area contributed by atoms with Crippen molar-refractivity contribution in [2.75, 3.05) is 0 Å². The van der Waals surface area contributed by atoms with Crippen LogP contribution in [0.1, 0.15) is 31.0 Å². The Morgan fingerprint density at radius 1 is 1.00 bits per heavy atom. The van der Waals surface area contributed by atoms with E-state index in [4.69, 9.17) is 0 Å². The van der Waals surface area contributed by atoms with Gasteiger partial charge >= 0.3 is 6.18 Å². The second-order valence-corrected chi connectivity index (χ2v) is 7.45. The molecule has 4 nitrogen and oxygen atoms in total. The minimum atomic E-state index is -4.91. The van der Waals surface area contributed by atoms with Crippen molar-refractivity contribution >= 4 is 5.65 Å². The zero-order valence-electron chi connectivity index (χ0n) is 16.7. The molecule has 0 saturated heterocycles. The Bertz CT molecular complexity index is 1340. The van der Waals surface area contributed by atoms with Gasteiger partial charge in [0.1, 0.15) is 11.6 Å². The summed E-state index contributed by atoms with van der Waals surface area (Å²) in [6.45, 7) is 3.49. The summed E-state index contributed by atoms with van der Waals surface area (Å²) in [4.78, 5) is 8.44. The van der Waals surface area contributed by atoms with Crippen molar-refractivity contribution in [1.82, 2.24) is 14.4 Å². The molecule has 4 aromatic rings. The molecule has 1 N–H and O–H groups in total. The van der Waals surface area contributed by atoms with E-state index in [1.165, 1.54) is 16.8 Å². The fourth-order valence-electron chi connectivity index (χ4n) is 3.43. The second-order valence-electron chi connectivity index (χ2n) is 7.45. The van der Waals surface area contributed by atoms with Gasteiger partial charge in [-0.15, -0.1) is 0 Å². The number of aromatic nitrogens is 3. The summed E-state index contributed by atoms with van der Waals surface area (Å²) in [5.41, 5.74) is -1.58. The predicted molar refractivity (Wildman–Crippen MR) is 104 cm³/mol. The van der Waals surface area contributed by atoms with Gasteiger partial charge < -0.3 is 5.11 Å². The van der Waals surface area contributed by atoms with Gasteiger partial charge in [-0.1, -0.05) is 13.8 Å². The van der Waals surface area contributed by atoms with Crippen molar-refractivity contribution in [3.63, 3.8) is 0 Å². The van der Waals surface area contributed by atoms with E-state index in [9.17, 15) is 31.4 Å². The molecule has 0 aliphatic rings. The highest BCUT2D eigenvalue weighted by molar-refractivity contribution is 5.72. The first-order chi connectivity index (χ1) is 15.0. The van der Waals surface area contributed by atoms with Crippen LogP contribution in [0.15, 0.2) is 42.7 Å². The molecular formula is C22H15F6N3O. The highest BCUT2D eigenvalue weighted by Crippen LogP contribution is 2.38. The predicted octanol–water partition coefficient (Wildman–Crippen LogP) is 6.33. The van der Waals surface area contributed by atoms with Crippen LogP contribution in [-0.2, 0) is 6.18 Å². The fourth-order valence-corrected chi connectivity index (χ4v) is 3.43. The molecule has 2 heterocycles. The van der Waals surface area contributed by atoms with Crippen LogP contribution in [0.25, 0.3) is 28.2 Å². The first kappa shape index (κ1) is 21.7. The van der Waals surface area contributed by atoms with Crippen LogP contribution in [0.2, 0.25) is 0 Å². The maximum atomic E-state index is 14.7. The normalized spacial score (nSPS) is 12.2. The van der Waals surface area contributed by atoms with E-state index in [0.29, 0.717) is 17.8 Å². The van der Waals surface area contributed by atoms with Crippen LogP contribution in [0.4, 0.5) is 26.3 Å². The van der Waals surface area contributed by atoms with Gasteiger partial charge in [-0.2, -0.15) is 13.2 Å². The number of aromatic hydroxyl groups is 1. The number of hydrogen-bond donors (Lipinski definition) is 1. The van der Waals surface area contributed by atoms with Gasteiger partial charge in [0.15, 0.2) is 17.2 Å². The summed E-state index contributed by atoms with van der Waals surface area (Å²) < 4.78 is 83.7. The van der Waals surface area contributed by atoms with Crippen LogP contribution in [-0.4, -0.2) is 19.5 Å². The monoisotopic (exact) mass is 451 g/mol. The van der Waals surface area contributed by atoms with Gasteiger partial charge in [-0.3, -0.25) is 9.38 Å². The van der Waals surface area contributed by atoms with E-state index in [1.807, 2.05) is 0 Å². The lowest BCUT2D eigenvalue weighted by Gasteiger charge is -2.12. The summed E-state index contributed by atoms with van der Waals surface area (Å²) in [7, 11) is 0. The molecule has 0 atom stereocenters. The van der Waals surface area contributed by atoms with Crippen molar-refractivity contribution in [3.8, 4) is 28.3 Å². The van der Waals surface area contributed by atoms with Gasteiger partial charge in [0.2, 0.25) is 0 Å². The quantitative estimate of drug-likeness (QED) is 0.371. The Morgan fingerprint density at radius 3 is 2.34 bits per heavy atom. The SMILES string of the molecule is CC(C)c1nc2cnc(-c3ccc(F)c(C(F)(F)F)c3)cn2c1-c1c(F)ccc(O)c1F. The maximum absolute atomic E-state index is 14.7. The molecule has 0 unspecified atom stereocenters. The van der Waals surface area contributed by atoms with Crippen LogP contribution >= 0.6 is 0 Å². The lowest BCUT2D eigenvalue weighted by molar-refractivity contribution is -0.139. The minimum absolute atomic E-state index is 0.00192. The molecule has 32 heavy (non-hydrogen) atoms. The number of phenolic OH excluding ortho intramolecular Hbond substituents is 1. The molecule has 0 aliphatic carbocycles. The Morgan fingerprint density at radius 2 is 1.69 bits per heavy atom. The summed E-state index contributed by atoms with van der Waals surface area (Å²) in [6, 6.07) is 4.17. The van der Waals surface area contributed by atoms with E-state index in [-0.39, 0.29) is 28.5 Å². The zero-order valence-corrected chi connectivity index (χ0v) is 16.7. The molecule has 10 heteroatoms. The van der Waals surface area contributed by atoms with E-state index in [0.717, 1.165) is 18.2 Å². The molecule has 0 spiro atoms. The number of hydrogen-bond acceptors (Lipinski definition) is 3. The molecule has 2 aromatic carbocycles. The van der Waals surface area contributed by atoms with Gasteiger partial charge in [0.05, 0.1) is 34.4 Å². The van der Waals surface area contributed by atoms with Crippen molar-refractivity contribution in [2.45, 2.75) is 25.9 Å². The number of benzene rings is 2. The standard InChI is InChI=1S/C22H15F6N3O/c1-10(2)20-21(18-14(24)5-6-16(32)19(18)25)31-9-15(29-8-17(31)30-20)11-3-4-13(23)12(7-11)22(26,27)28/h3-10,32H,1-2H3. The van der Waals surface area contributed by atoms with E-state index >= 15 is 0 Å². The molecule has 0 bridgehead atoms. The fraction of sp³-hybridized carbons (Fsp3) is 0.182. The summed E-state index contributed by atoms with van der Waals surface area (Å²) in [5, 5.41) is 9.76. The van der Waals surface area contributed by atoms with Gasteiger partial charge in [-0.05, 0) is 36.2 Å². The Hall–Kier alpha value is -3.56. The molecule has 0 radical (unpaired) electrons. The first-order valence-corrected chi connectivity index (χ1v) is 9.41. The molecule has 0 fully saturated rings. The smallest absolute Gasteiger partial charge is 0.419 e. The van der Waals surface area contributed by atoms with Crippen LogP contribution in [0, 0.1) is 17.5 Å². The van der Waals surface area contributed by atoms with Crippen LogP contribution < -0.4 is 0 Å². The Balaban J connectivity index is 2.01. The topological polar surface area (TPSA) is 50.4 Å². The highest BCUT2D eigenvalue weighted by atomic mass is 19.4. The van der Waals surface area contributed by atoms with E-state index in [1.54, 1.807) is 13.8 Å². The largest absolute Gasteiger partial charge is 0.505 e. The zero-order chi connectivity index (χ0) is 23.4. The lowest BCUT2D eigenvalue weighted by atomic mass is 10.0. The van der Waals surface area contributed by atoms with Crippen molar-refractivity contribution in [2.24, 2.45) is 0 Å². The number of nitrogens with zero attached hydrogens (tertiary/aromatic N) is 3. The maximum Gasteiger partial charge on any atom is 0.419 e. The average molecular weight is 451 g/mol. The second kappa shape index (κ2) is 7.54. The molecular weight excluding hydrogens is 436 g/mol. The number of halogens is 6. The first-order valence-electron chi connectivity index (χ1n) is 9.41. The van der Waals surface area contributed by atoms with Crippen molar-refractivity contribution in [1.29, 1.82) is 0 Å². The number of phenols is 1. The number of alkyl halides is 3. The third-order valence-electron chi connectivity index (χ3n) is 4.96. The summed E-state index contributed by atoms with van der Waals surface area (Å²) >= 11 is 0. The van der Waals surface area contributed by atoms with Crippen molar-refractivity contribution in [3.05, 3.63) is 71.4 Å². The van der Waals surface area contributed by atoms with Crippen LogP contribution in [0.3, 0.4) is 0 Å². The summed E-state index contributed by atoms with van der Waals surface area (Å²) in [6.07, 6.45) is -2.41. The molecule has 0 aliphatic heterocycles. The van der Waals surface area contributed by atoms with E-state index < -0.39 is 40.5 Å². The Labute approximate surface area is 177 Å². The van der Waals surface area contributed by atoms with E-state index in [2.05, 4.69) is 9.97 Å². The molecule has 166 valence electrons. The molecule has 4 rings (SSSR count). The molecule has 0 saturated carbocycles. The third kappa shape index (κ3) is 3.55. The lowest BCUT2D eigenvalue weighted by Crippen LogP contribution is -2.08. The molecule has 2 aromatic heterocycles. The van der Waals surface area contributed by atoms with Gasteiger partial charge in [0.25, 0.3) is 0 Å². The Kier molecular flexibility index (Phi) is 5.10.